The second-order valence-corrected chi connectivity index (χ2v) is 8.20. The van der Waals surface area contributed by atoms with Crippen LogP contribution in [0.4, 0.5) is 11.5 Å². The summed E-state index contributed by atoms with van der Waals surface area (Å²) in [6, 6.07) is 17.6. The summed E-state index contributed by atoms with van der Waals surface area (Å²) in [6.45, 7) is 4.63. The Kier molecular flexibility index (Phi) is 7.60. The van der Waals surface area contributed by atoms with Gasteiger partial charge in [-0.1, -0.05) is 43.7 Å². The highest BCUT2D eigenvalue weighted by Crippen LogP contribution is 2.40. The quantitative estimate of drug-likeness (QED) is 0.246. The van der Waals surface area contributed by atoms with E-state index in [0.29, 0.717) is 12.2 Å². The van der Waals surface area contributed by atoms with Gasteiger partial charge in [-0.25, -0.2) is 14.8 Å². The number of anilines is 2. The molecule has 0 unspecified atom stereocenters. The van der Waals surface area contributed by atoms with Crippen molar-refractivity contribution in [2.45, 2.75) is 26.7 Å². The number of hydrogen-bond donors (Lipinski definition) is 1. The summed E-state index contributed by atoms with van der Waals surface area (Å²) in [7, 11) is 0. The molecule has 2 heterocycles. The van der Waals surface area contributed by atoms with E-state index < -0.39 is 0 Å². The summed E-state index contributed by atoms with van der Waals surface area (Å²) < 4.78 is 5.27. The highest BCUT2D eigenvalue weighted by atomic mass is 35.5. The molecular formula is C24H24ClN3O2S. The molecule has 0 aliphatic carbocycles. The Labute approximate surface area is 191 Å². The number of nitrogens with zero attached hydrogens (tertiary/aromatic N) is 2. The van der Waals surface area contributed by atoms with Gasteiger partial charge in [0.1, 0.15) is 17.0 Å². The molecule has 0 bridgehead atoms. The van der Waals surface area contributed by atoms with E-state index in [-0.39, 0.29) is 18.4 Å². The summed E-state index contributed by atoms with van der Waals surface area (Å²) in [5.74, 6) is 0.459. The lowest BCUT2D eigenvalue weighted by Crippen LogP contribution is -2.06. The topological polar surface area (TPSA) is 64.1 Å². The number of ether oxygens (including phenoxy) is 1. The third-order valence-corrected chi connectivity index (χ3v) is 5.85. The second-order valence-electron chi connectivity index (χ2n) is 6.99. The molecule has 0 spiro atoms. The number of carbonyl (C=O) groups excluding carboxylic acids is 1. The Morgan fingerprint density at radius 3 is 2.52 bits per heavy atom. The van der Waals surface area contributed by atoms with Crippen LogP contribution in [0.15, 0.2) is 60.9 Å². The Morgan fingerprint density at radius 1 is 1.06 bits per heavy atom. The molecule has 0 saturated carbocycles. The smallest absolute Gasteiger partial charge is 0.338 e. The normalized spacial score (nSPS) is 10.5. The first kappa shape index (κ1) is 22.7. The van der Waals surface area contributed by atoms with E-state index >= 15 is 0 Å². The molecular weight excluding hydrogens is 430 g/mol. The average Bonchev–Trinajstić information content (AvgIpc) is 3.12. The second kappa shape index (κ2) is 10.4. The van der Waals surface area contributed by atoms with Gasteiger partial charge in [-0.15, -0.1) is 23.7 Å². The van der Waals surface area contributed by atoms with Gasteiger partial charge in [0.05, 0.1) is 17.6 Å². The van der Waals surface area contributed by atoms with Gasteiger partial charge in [0.2, 0.25) is 0 Å². The van der Waals surface area contributed by atoms with Gasteiger partial charge >= 0.3 is 5.97 Å². The highest BCUT2D eigenvalue weighted by molar-refractivity contribution is 7.19. The molecule has 0 radical (unpaired) electrons. The van der Waals surface area contributed by atoms with Crippen LogP contribution in [0.2, 0.25) is 0 Å². The first-order chi connectivity index (χ1) is 14.7. The minimum atomic E-state index is -0.292. The molecule has 0 fully saturated rings. The van der Waals surface area contributed by atoms with Crippen LogP contribution in [0.3, 0.4) is 0 Å². The lowest BCUT2D eigenvalue weighted by Gasteiger charge is -2.10. The van der Waals surface area contributed by atoms with Crippen LogP contribution in [-0.2, 0) is 4.74 Å². The maximum absolute atomic E-state index is 12.1. The largest absolute Gasteiger partial charge is 0.462 e. The molecule has 0 saturated heterocycles. The molecule has 160 valence electrons. The predicted molar refractivity (Wildman–Crippen MR) is 130 cm³/mol. The van der Waals surface area contributed by atoms with Crippen LogP contribution in [0.5, 0.6) is 0 Å². The van der Waals surface area contributed by atoms with Crippen molar-refractivity contribution < 1.29 is 9.53 Å². The molecule has 31 heavy (non-hydrogen) atoms. The fourth-order valence-electron chi connectivity index (χ4n) is 3.31. The molecule has 2 aromatic heterocycles. The summed E-state index contributed by atoms with van der Waals surface area (Å²) >= 11 is 1.66. The van der Waals surface area contributed by atoms with Gasteiger partial charge < -0.3 is 10.1 Å². The van der Waals surface area contributed by atoms with E-state index in [9.17, 15) is 4.79 Å². The Balaban J connectivity index is 0.00000272. The van der Waals surface area contributed by atoms with Crippen molar-refractivity contribution >= 4 is 51.4 Å². The van der Waals surface area contributed by atoms with Crippen molar-refractivity contribution in [1.29, 1.82) is 0 Å². The van der Waals surface area contributed by atoms with Crippen molar-refractivity contribution in [3.8, 4) is 11.1 Å². The SMILES string of the molecule is CCCCOC(=O)c1ccc(Nc2ncnc3sc(C)c(-c4ccccc4)c23)cc1.Cl. The van der Waals surface area contributed by atoms with Crippen LogP contribution in [0.25, 0.3) is 21.3 Å². The monoisotopic (exact) mass is 453 g/mol. The van der Waals surface area contributed by atoms with Crippen LogP contribution >= 0.6 is 23.7 Å². The molecule has 0 aliphatic heterocycles. The number of esters is 1. The van der Waals surface area contributed by atoms with Crippen LogP contribution in [0.1, 0.15) is 35.0 Å². The zero-order valence-corrected chi connectivity index (χ0v) is 19.1. The van der Waals surface area contributed by atoms with Gasteiger partial charge in [-0.05, 0) is 43.2 Å². The van der Waals surface area contributed by atoms with Gasteiger partial charge in [0.25, 0.3) is 0 Å². The first-order valence-corrected chi connectivity index (χ1v) is 10.8. The molecule has 1 N–H and O–H groups in total. The van der Waals surface area contributed by atoms with Gasteiger partial charge in [-0.2, -0.15) is 0 Å². The number of nitrogens with one attached hydrogen (secondary N) is 1. The van der Waals surface area contributed by atoms with Crippen molar-refractivity contribution in [1.82, 2.24) is 9.97 Å². The standard InChI is InChI=1S/C24H23N3O2S.ClH/c1-3-4-14-29-24(28)18-10-12-19(13-11-18)27-22-21-20(17-8-6-5-7-9-17)16(2)30-23(21)26-15-25-22;/h5-13,15H,3-4,14H2,1-2H3,(H,25,26,27);1H. The predicted octanol–water partition coefficient (Wildman–Crippen LogP) is 6.79. The number of hydrogen-bond acceptors (Lipinski definition) is 6. The number of unbranched alkanes of at least 4 members (excludes halogenated alkanes) is 1. The first-order valence-electron chi connectivity index (χ1n) is 10.0. The van der Waals surface area contributed by atoms with E-state index in [1.165, 1.54) is 4.88 Å². The molecule has 0 atom stereocenters. The molecule has 5 nitrogen and oxygen atoms in total. The van der Waals surface area contributed by atoms with E-state index in [2.05, 4.69) is 41.3 Å². The molecule has 0 amide bonds. The summed E-state index contributed by atoms with van der Waals surface area (Å²) in [4.78, 5) is 23.2. The minimum Gasteiger partial charge on any atom is -0.462 e. The molecule has 7 heteroatoms. The van der Waals surface area contributed by atoms with E-state index in [0.717, 1.165) is 45.7 Å². The van der Waals surface area contributed by atoms with Crippen LogP contribution in [0, 0.1) is 6.92 Å². The fraction of sp³-hybridized carbons (Fsp3) is 0.208. The third kappa shape index (κ3) is 5.03. The maximum atomic E-state index is 12.1. The molecule has 4 rings (SSSR count). The number of carbonyl (C=O) groups is 1. The number of thiophene rings is 1. The van der Waals surface area contributed by atoms with Gasteiger partial charge in [0.15, 0.2) is 0 Å². The van der Waals surface area contributed by atoms with E-state index in [4.69, 9.17) is 4.74 Å². The van der Waals surface area contributed by atoms with Crippen molar-refractivity contribution in [3.63, 3.8) is 0 Å². The van der Waals surface area contributed by atoms with Gasteiger partial charge in [0, 0.05) is 16.1 Å². The summed E-state index contributed by atoms with van der Waals surface area (Å²) in [5.41, 5.74) is 3.68. The number of halogens is 1. The van der Waals surface area contributed by atoms with Crippen molar-refractivity contribution in [2.24, 2.45) is 0 Å². The third-order valence-electron chi connectivity index (χ3n) is 4.84. The molecule has 4 aromatic rings. The number of aromatic nitrogens is 2. The van der Waals surface area contributed by atoms with E-state index in [1.54, 1.807) is 29.8 Å². The van der Waals surface area contributed by atoms with E-state index in [1.807, 2.05) is 30.3 Å². The van der Waals surface area contributed by atoms with Crippen LogP contribution < -0.4 is 5.32 Å². The minimum absolute atomic E-state index is 0. The maximum Gasteiger partial charge on any atom is 0.338 e. The average molecular weight is 454 g/mol. The number of benzene rings is 2. The summed E-state index contributed by atoms with van der Waals surface area (Å²) in [6.07, 6.45) is 3.45. The van der Waals surface area contributed by atoms with Gasteiger partial charge in [-0.3, -0.25) is 0 Å². The number of aryl methyl sites for hydroxylation is 1. The number of fused-ring (bicyclic) bond motifs is 1. The van der Waals surface area contributed by atoms with Crippen molar-refractivity contribution in [2.75, 3.05) is 11.9 Å². The molecule has 2 aromatic carbocycles. The fourth-order valence-corrected chi connectivity index (χ4v) is 4.32. The highest BCUT2D eigenvalue weighted by Gasteiger charge is 2.17. The molecule has 0 aliphatic rings. The Morgan fingerprint density at radius 2 is 1.81 bits per heavy atom. The Hall–Kier alpha value is -2.96. The number of rotatable bonds is 7. The zero-order valence-electron chi connectivity index (χ0n) is 17.4. The Bertz CT molecular complexity index is 1160. The van der Waals surface area contributed by atoms with Crippen molar-refractivity contribution in [3.05, 3.63) is 71.4 Å². The van der Waals surface area contributed by atoms with Crippen LogP contribution in [-0.4, -0.2) is 22.5 Å². The summed E-state index contributed by atoms with van der Waals surface area (Å²) in [5, 5.41) is 4.40. The lowest BCUT2D eigenvalue weighted by molar-refractivity contribution is 0.0500. The lowest BCUT2D eigenvalue weighted by atomic mass is 10.0. The zero-order chi connectivity index (χ0) is 20.9.